The highest BCUT2D eigenvalue weighted by molar-refractivity contribution is 6.77. The lowest BCUT2D eigenvalue weighted by atomic mass is 10.2. The SMILES string of the molecule is CCCC[Si](C)(C)COc1ccc([C]=O)cc1. The molecule has 0 spiro atoms. The fraction of sp³-hybridized carbons (Fsp3) is 0.500. The molecule has 0 saturated carbocycles. The number of carbonyl (C=O) groups excluding carboxylic acids is 1. The summed E-state index contributed by atoms with van der Waals surface area (Å²) < 4.78 is 5.80. The van der Waals surface area contributed by atoms with Crippen LogP contribution in [0.25, 0.3) is 0 Å². The van der Waals surface area contributed by atoms with E-state index in [9.17, 15) is 4.79 Å². The van der Waals surface area contributed by atoms with Crippen molar-refractivity contribution in [3.05, 3.63) is 29.8 Å². The summed E-state index contributed by atoms with van der Waals surface area (Å²) in [5.74, 6) is 0.848. The molecule has 0 amide bonds. The first-order chi connectivity index (χ1) is 8.07. The predicted molar refractivity (Wildman–Crippen MR) is 73.9 cm³/mol. The molecule has 1 aromatic rings. The Morgan fingerprint density at radius 1 is 1.24 bits per heavy atom. The average molecular weight is 249 g/mol. The van der Waals surface area contributed by atoms with Gasteiger partial charge in [0, 0.05) is 5.56 Å². The number of benzene rings is 1. The van der Waals surface area contributed by atoms with Gasteiger partial charge in [0.15, 0.2) is 0 Å². The molecule has 3 heteroatoms. The molecule has 1 aromatic carbocycles. The van der Waals surface area contributed by atoms with Crippen molar-refractivity contribution < 1.29 is 9.53 Å². The van der Waals surface area contributed by atoms with Crippen molar-refractivity contribution in [3.8, 4) is 5.75 Å². The molecule has 93 valence electrons. The minimum Gasteiger partial charge on any atom is -0.497 e. The summed E-state index contributed by atoms with van der Waals surface area (Å²) in [6.45, 7) is 6.94. The van der Waals surface area contributed by atoms with Crippen molar-refractivity contribution in [3.63, 3.8) is 0 Å². The first-order valence-electron chi connectivity index (χ1n) is 6.18. The van der Waals surface area contributed by atoms with Gasteiger partial charge in [0.1, 0.15) is 5.75 Å². The minimum atomic E-state index is -1.23. The zero-order valence-corrected chi connectivity index (χ0v) is 12.0. The monoisotopic (exact) mass is 249 g/mol. The van der Waals surface area contributed by atoms with Gasteiger partial charge in [0.05, 0.1) is 14.3 Å². The molecule has 2 nitrogen and oxygen atoms in total. The lowest BCUT2D eigenvalue weighted by Crippen LogP contribution is -2.34. The Morgan fingerprint density at radius 2 is 1.88 bits per heavy atom. The van der Waals surface area contributed by atoms with E-state index < -0.39 is 8.07 Å². The van der Waals surface area contributed by atoms with Crippen molar-refractivity contribution >= 4 is 14.4 Å². The topological polar surface area (TPSA) is 26.3 Å². The van der Waals surface area contributed by atoms with Crippen LogP contribution in [0.2, 0.25) is 19.1 Å². The Bertz CT molecular complexity index is 344. The highest BCUT2D eigenvalue weighted by Crippen LogP contribution is 2.17. The van der Waals surface area contributed by atoms with Gasteiger partial charge in [-0.1, -0.05) is 38.9 Å². The summed E-state index contributed by atoms with van der Waals surface area (Å²) >= 11 is 0. The van der Waals surface area contributed by atoms with Crippen molar-refractivity contribution in [1.82, 2.24) is 0 Å². The van der Waals surface area contributed by atoms with E-state index >= 15 is 0 Å². The average Bonchev–Trinajstić information content (AvgIpc) is 2.35. The molecule has 0 bridgehead atoms. The molecule has 1 rings (SSSR count). The van der Waals surface area contributed by atoms with Gasteiger partial charge in [-0.25, -0.2) is 0 Å². The lowest BCUT2D eigenvalue weighted by molar-refractivity contribution is 0.376. The fourth-order valence-corrected chi connectivity index (χ4v) is 3.64. The third kappa shape index (κ3) is 5.17. The Hall–Kier alpha value is -1.09. The molecule has 17 heavy (non-hydrogen) atoms. The first kappa shape index (κ1) is 14.0. The van der Waals surface area contributed by atoms with E-state index in [2.05, 4.69) is 20.0 Å². The van der Waals surface area contributed by atoms with Gasteiger partial charge in [-0.3, -0.25) is 4.79 Å². The van der Waals surface area contributed by atoms with Gasteiger partial charge in [-0.2, -0.15) is 0 Å². The standard InChI is InChI=1S/C14H21O2Si/c1-4-5-10-17(2,3)12-16-14-8-6-13(11-15)7-9-14/h6-9H,4-5,10,12H2,1-3H3. The minimum absolute atomic E-state index is 0.569. The summed E-state index contributed by atoms with van der Waals surface area (Å²) in [5.41, 5.74) is 0.569. The van der Waals surface area contributed by atoms with Gasteiger partial charge in [-0.05, 0) is 24.3 Å². The van der Waals surface area contributed by atoms with E-state index in [1.807, 2.05) is 18.4 Å². The van der Waals surface area contributed by atoms with Gasteiger partial charge in [-0.15, -0.1) is 0 Å². The largest absolute Gasteiger partial charge is 0.497 e. The van der Waals surface area contributed by atoms with Crippen LogP contribution in [0, 0.1) is 0 Å². The van der Waals surface area contributed by atoms with Crippen molar-refractivity contribution in [2.75, 3.05) is 6.23 Å². The van der Waals surface area contributed by atoms with Crippen LogP contribution in [0.3, 0.4) is 0 Å². The first-order valence-corrected chi connectivity index (χ1v) is 9.60. The van der Waals surface area contributed by atoms with Crippen LogP contribution in [0.4, 0.5) is 0 Å². The van der Waals surface area contributed by atoms with E-state index in [0.29, 0.717) is 5.56 Å². The van der Waals surface area contributed by atoms with Gasteiger partial charge >= 0.3 is 0 Å². The smallest absolute Gasteiger partial charge is 0.233 e. The Kier molecular flexibility index (Phi) is 5.42. The third-order valence-electron chi connectivity index (χ3n) is 2.81. The number of unbranched alkanes of at least 4 members (excludes halogenated alkanes) is 1. The maximum absolute atomic E-state index is 10.4. The molecule has 0 atom stereocenters. The second-order valence-electron chi connectivity index (χ2n) is 5.18. The van der Waals surface area contributed by atoms with Crippen molar-refractivity contribution in [1.29, 1.82) is 0 Å². The maximum Gasteiger partial charge on any atom is 0.233 e. The van der Waals surface area contributed by atoms with Crippen LogP contribution in [0.1, 0.15) is 25.3 Å². The Labute approximate surface area is 105 Å². The highest BCUT2D eigenvalue weighted by Gasteiger charge is 2.20. The van der Waals surface area contributed by atoms with E-state index in [0.717, 1.165) is 12.0 Å². The van der Waals surface area contributed by atoms with E-state index in [1.165, 1.54) is 18.9 Å². The normalized spacial score (nSPS) is 11.2. The molecule has 0 heterocycles. The number of rotatable bonds is 7. The zero-order chi connectivity index (χ0) is 12.7. The molecule has 1 radical (unpaired) electrons. The van der Waals surface area contributed by atoms with Crippen molar-refractivity contribution in [2.45, 2.75) is 38.9 Å². The molecule has 0 fully saturated rings. The Morgan fingerprint density at radius 3 is 2.41 bits per heavy atom. The fourth-order valence-electron chi connectivity index (χ4n) is 1.63. The van der Waals surface area contributed by atoms with Crippen LogP contribution < -0.4 is 4.74 Å². The molecular formula is C14H21O2Si. The molecule has 0 aliphatic rings. The van der Waals surface area contributed by atoms with Gasteiger partial charge in [0.25, 0.3) is 0 Å². The molecular weight excluding hydrogens is 228 g/mol. The Balaban J connectivity index is 2.45. The van der Waals surface area contributed by atoms with Crippen LogP contribution in [-0.4, -0.2) is 20.6 Å². The zero-order valence-electron chi connectivity index (χ0n) is 11.0. The third-order valence-corrected chi connectivity index (χ3v) is 5.44. The van der Waals surface area contributed by atoms with Gasteiger partial charge < -0.3 is 4.74 Å². The number of hydrogen-bond donors (Lipinski definition) is 0. The maximum atomic E-state index is 10.4. The van der Waals surface area contributed by atoms with E-state index in [4.69, 9.17) is 4.74 Å². The summed E-state index contributed by atoms with van der Waals surface area (Å²) in [6.07, 6.45) is 5.25. The predicted octanol–water partition coefficient (Wildman–Crippen LogP) is 3.57. The number of ether oxygens (including phenoxy) is 1. The summed E-state index contributed by atoms with van der Waals surface area (Å²) in [7, 11) is -1.23. The molecule has 0 N–H and O–H groups in total. The summed E-state index contributed by atoms with van der Waals surface area (Å²) in [4.78, 5) is 10.4. The van der Waals surface area contributed by atoms with Gasteiger partial charge in [0.2, 0.25) is 6.29 Å². The summed E-state index contributed by atoms with van der Waals surface area (Å²) in [5, 5.41) is 0. The number of hydrogen-bond acceptors (Lipinski definition) is 2. The molecule has 0 saturated heterocycles. The highest BCUT2D eigenvalue weighted by atomic mass is 28.3. The van der Waals surface area contributed by atoms with Crippen LogP contribution in [-0.2, 0) is 4.79 Å². The van der Waals surface area contributed by atoms with Crippen LogP contribution in [0.15, 0.2) is 24.3 Å². The summed E-state index contributed by atoms with van der Waals surface area (Å²) in [6, 6.07) is 8.46. The molecule has 0 aliphatic carbocycles. The van der Waals surface area contributed by atoms with Crippen LogP contribution >= 0.6 is 0 Å². The van der Waals surface area contributed by atoms with E-state index in [-0.39, 0.29) is 0 Å². The lowest BCUT2D eigenvalue weighted by Gasteiger charge is -2.22. The second-order valence-corrected chi connectivity index (χ2v) is 10.3. The molecule has 0 aromatic heterocycles. The second kappa shape index (κ2) is 6.60. The quantitative estimate of drug-likeness (QED) is 0.691. The van der Waals surface area contributed by atoms with Crippen LogP contribution in [0.5, 0.6) is 5.75 Å². The molecule has 0 aliphatic heterocycles. The van der Waals surface area contributed by atoms with E-state index in [1.54, 1.807) is 12.1 Å². The van der Waals surface area contributed by atoms with Crippen molar-refractivity contribution in [2.24, 2.45) is 0 Å². The molecule has 0 unspecified atom stereocenters.